The zero-order valence-corrected chi connectivity index (χ0v) is 13.9. The molecule has 1 atom stereocenters. The molecule has 2 heterocycles. The number of methoxy groups -OCH3 is 1. The first-order valence-corrected chi connectivity index (χ1v) is 9.44. The number of ether oxygens (including phenoxy) is 1. The Morgan fingerprint density at radius 3 is 2.59 bits per heavy atom. The van der Waals surface area contributed by atoms with Gasteiger partial charge in [0, 0.05) is 19.1 Å². The number of hydrogen-bond donors (Lipinski definition) is 0. The highest BCUT2D eigenvalue weighted by molar-refractivity contribution is 7.89. The molecule has 0 aromatic heterocycles. The molecule has 0 unspecified atom stereocenters. The Kier molecular flexibility index (Phi) is 4.70. The Bertz CT molecular complexity index is 612. The molecule has 122 valence electrons. The van der Waals surface area contributed by atoms with Gasteiger partial charge in [0.05, 0.1) is 7.11 Å². The first kappa shape index (κ1) is 15.8. The standard InChI is InChI=1S/C16H24N2O3S/c1-21-15-8-2-3-9-16(15)22(19,20)18-12-6-7-14(18)13-17-10-4-5-11-17/h2-3,8-9,14H,4-7,10-13H2,1H3/t14-/m1/s1. The second kappa shape index (κ2) is 6.56. The zero-order valence-electron chi connectivity index (χ0n) is 13.1. The molecule has 0 amide bonds. The summed E-state index contributed by atoms with van der Waals surface area (Å²) in [5, 5.41) is 0. The summed E-state index contributed by atoms with van der Waals surface area (Å²) in [6, 6.07) is 6.98. The van der Waals surface area contributed by atoms with Gasteiger partial charge in [-0.15, -0.1) is 0 Å². The van der Waals surface area contributed by atoms with Crippen molar-refractivity contribution in [1.82, 2.24) is 9.21 Å². The van der Waals surface area contributed by atoms with Gasteiger partial charge in [0.15, 0.2) is 0 Å². The lowest BCUT2D eigenvalue weighted by molar-refractivity contribution is 0.257. The van der Waals surface area contributed by atoms with E-state index in [1.165, 1.54) is 20.0 Å². The summed E-state index contributed by atoms with van der Waals surface area (Å²) in [4.78, 5) is 2.67. The van der Waals surface area contributed by atoms with Crippen LogP contribution in [-0.4, -0.2) is 57.0 Å². The predicted octanol–water partition coefficient (Wildman–Crippen LogP) is 1.94. The van der Waals surface area contributed by atoms with Gasteiger partial charge in [0.2, 0.25) is 10.0 Å². The molecule has 0 spiro atoms. The third-order valence-electron chi connectivity index (χ3n) is 4.65. The minimum atomic E-state index is -3.49. The topological polar surface area (TPSA) is 49.9 Å². The Morgan fingerprint density at radius 2 is 1.86 bits per heavy atom. The average Bonchev–Trinajstić information content (AvgIpc) is 3.19. The highest BCUT2D eigenvalue weighted by atomic mass is 32.2. The van der Waals surface area contributed by atoms with Crippen molar-refractivity contribution in [3.05, 3.63) is 24.3 Å². The van der Waals surface area contributed by atoms with E-state index in [4.69, 9.17) is 4.74 Å². The second-order valence-corrected chi connectivity index (χ2v) is 7.93. The maximum Gasteiger partial charge on any atom is 0.247 e. The molecule has 1 aromatic rings. The van der Waals surface area contributed by atoms with Gasteiger partial charge in [-0.25, -0.2) is 8.42 Å². The normalized spacial score (nSPS) is 24.0. The van der Waals surface area contributed by atoms with Crippen molar-refractivity contribution < 1.29 is 13.2 Å². The smallest absolute Gasteiger partial charge is 0.247 e. The van der Waals surface area contributed by atoms with Crippen LogP contribution in [0.25, 0.3) is 0 Å². The molecule has 5 nitrogen and oxygen atoms in total. The molecule has 22 heavy (non-hydrogen) atoms. The molecule has 6 heteroatoms. The summed E-state index contributed by atoms with van der Waals surface area (Å²) in [6.07, 6.45) is 4.34. The van der Waals surface area contributed by atoms with E-state index in [2.05, 4.69) is 4.90 Å². The first-order valence-electron chi connectivity index (χ1n) is 8.00. The molecule has 2 aliphatic rings. The summed E-state index contributed by atoms with van der Waals surface area (Å²) >= 11 is 0. The highest BCUT2D eigenvalue weighted by Gasteiger charge is 2.37. The average molecular weight is 324 g/mol. The molecule has 0 aliphatic carbocycles. The van der Waals surface area contributed by atoms with Crippen LogP contribution in [-0.2, 0) is 10.0 Å². The van der Waals surface area contributed by atoms with Gasteiger partial charge in [-0.1, -0.05) is 12.1 Å². The van der Waals surface area contributed by atoms with Crippen molar-refractivity contribution in [3.8, 4) is 5.75 Å². The van der Waals surface area contributed by atoms with Crippen molar-refractivity contribution in [2.45, 2.75) is 36.6 Å². The first-order chi connectivity index (χ1) is 10.6. The van der Waals surface area contributed by atoms with E-state index < -0.39 is 10.0 Å². The van der Waals surface area contributed by atoms with Crippen LogP contribution >= 0.6 is 0 Å². The molecule has 0 bridgehead atoms. The zero-order chi connectivity index (χ0) is 15.6. The lowest BCUT2D eigenvalue weighted by atomic mass is 10.2. The number of nitrogens with zero attached hydrogens (tertiary/aromatic N) is 2. The number of para-hydroxylation sites is 1. The largest absolute Gasteiger partial charge is 0.495 e. The van der Waals surface area contributed by atoms with Crippen molar-refractivity contribution >= 4 is 10.0 Å². The quantitative estimate of drug-likeness (QED) is 0.830. The summed E-state index contributed by atoms with van der Waals surface area (Å²) in [5.74, 6) is 0.425. The van der Waals surface area contributed by atoms with Crippen LogP contribution in [0.3, 0.4) is 0 Å². The van der Waals surface area contributed by atoms with E-state index in [1.807, 2.05) is 0 Å². The fourth-order valence-electron chi connectivity index (χ4n) is 3.53. The van der Waals surface area contributed by atoms with E-state index >= 15 is 0 Å². The van der Waals surface area contributed by atoms with Crippen LogP contribution in [0.4, 0.5) is 0 Å². The van der Waals surface area contributed by atoms with E-state index in [0.717, 1.165) is 32.5 Å². The molecule has 0 radical (unpaired) electrons. The maximum absolute atomic E-state index is 13.0. The predicted molar refractivity (Wildman–Crippen MR) is 85.6 cm³/mol. The maximum atomic E-state index is 13.0. The Balaban J connectivity index is 1.83. The Labute approximate surface area is 132 Å². The fourth-order valence-corrected chi connectivity index (χ4v) is 5.37. The Hall–Kier alpha value is -1.11. The van der Waals surface area contributed by atoms with Gasteiger partial charge in [-0.2, -0.15) is 4.31 Å². The third-order valence-corrected chi connectivity index (χ3v) is 6.64. The summed E-state index contributed by atoms with van der Waals surface area (Å²) in [5.41, 5.74) is 0. The lowest BCUT2D eigenvalue weighted by Gasteiger charge is -2.28. The molecule has 2 aliphatic heterocycles. The van der Waals surface area contributed by atoms with E-state index in [-0.39, 0.29) is 10.9 Å². The molecule has 3 rings (SSSR count). The SMILES string of the molecule is COc1ccccc1S(=O)(=O)N1CCC[C@@H]1CN1CCCC1. The van der Waals surface area contributed by atoms with Gasteiger partial charge in [-0.3, -0.25) is 0 Å². The van der Waals surface area contributed by atoms with Gasteiger partial charge in [0.1, 0.15) is 10.6 Å². The number of sulfonamides is 1. The fraction of sp³-hybridized carbons (Fsp3) is 0.625. The van der Waals surface area contributed by atoms with Gasteiger partial charge >= 0.3 is 0 Å². The summed E-state index contributed by atoms with van der Waals surface area (Å²) < 4.78 is 33.0. The minimum absolute atomic E-state index is 0.0908. The van der Waals surface area contributed by atoms with Crippen LogP contribution in [0.2, 0.25) is 0 Å². The van der Waals surface area contributed by atoms with Crippen molar-refractivity contribution in [2.24, 2.45) is 0 Å². The lowest BCUT2D eigenvalue weighted by Crippen LogP contribution is -2.42. The van der Waals surface area contributed by atoms with E-state index in [0.29, 0.717) is 12.3 Å². The van der Waals surface area contributed by atoms with Crippen LogP contribution in [0.5, 0.6) is 5.75 Å². The van der Waals surface area contributed by atoms with Gasteiger partial charge in [0.25, 0.3) is 0 Å². The van der Waals surface area contributed by atoms with Gasteiger partial charge < -0.3 is 9.64 Å². The molecule has 2 fully saturated rings. The minimum Gasteiger partial charge on any atom is -0.495 e. The van der Waals surface area contributed by atoms with Crippen LogP contribution in [0.15, 0.2) is 29.2 Å². The summed E-state index contributed by atoms with van der Waals surface area (Å²) in [6.45, 7) is 3.66. The van der Waals surface area contributed by atoms with E-state index in [1.54, 1.807) is 28.6 Å². The van der Waals surface area contributed by atoms with E-state index in [9.17, 15) is 8.42 Å². The summed E-state index contributed by atoms with van der Waals surface area (Å²) in [7, 11) is -1.98. The molecule has 0 N–H and O–H groups in total. The van der Waals surface area contributed by atoms with Crippen LogP contribution in [0, 0.1) is 0 Å². The van der Waals surface area contributed by atoms with Crippen LogP contribution < -0.4 is 4.74 Å². The number of likely N-dealkylation sites (tertiary alicyclic amines) is 1. The second-order valence-electron chi connectivity index (χ2n) is 6.07. The van der Waals surface area contributed by atoms with Gasteiger partial charge in [-0.05, 0) is 50.9 Å². The number of benzene rings is 1. The van der Waals surface area contributed by atoms with Crippen molar-refractivity contribution in [2.75, 3.05) is 33.3 Å². The molecular formula is C16H24N2O3S. The number of rotatable bonds is 5. The molecular weight excluding hydrogens is 300 g/mol. The number of hydrogen-bond acceptors (Lipinski definition) is 4. The van der Waals surface area contributed by atoms with Crippen molar-refractivity contribution in [3.63, 3.8) is 0 Å². The monoisotopic (exact) mass is 324 g/mol. The highest BCUT2D eigenvalue weighted by Crippen LogP contribution is 2.31. The molecule has 0 saturated carbocycles. The third kappa shape index (κ3) is 3.00. The molecule has 2 saturated heterocycles. The van der Waals surface area contributed by atoms with Crippen molar-refractivity contribution in [1.29, 1.82) is 0 Å². The molecule has 1 aromatic carbocycles. The Morgan fingerprint density at radius 1 is 1.14 bits per heavy atom. The van der Waals surface area contributed by atoms with Crippen LogP contribution in [0.1, 0.15) is 25.7 Å².